The zero-order valence-electron chi connectivity index (χ0n) is 6.36. The lowest BCUT2D eigenvalue weighted by Gasteiger charge is -2.15. The van der Waals surface area contributed by atoms with Gasteiger partial charge in [-0.2, -0.15) is 0 Å². The van der Waals surface area contributed by atoms with Gasteiger partial charge in [0.05, 0.1) is 5.92 Å². The Bertz CT molecular complexity index is 193. The maximum Gasteiger partial charge on any atom is 0.307 e. The van der Waals surface area contributed by atoms with E-state index in [1.54, 1.807) is 0 Å². The van der Waals surface area contributed by atoms with E-state index in [1.807, 2.05) is 0 Å². The van der Waals surface area contributed by atoms with Crippen LogP contribution in [0.25, 0.3) is 0 Å². The Morgan fingerprint density at radius 3 is 2.73 bits per heavy atom. The van der Waals surface area contributed by atoms with E-state index in [1.165, 1.54) is 0 Å². The fourth-order valence-corrected chi connectivity index (χ4v) is 2.49. The predicted molar refractivity (Wildman–Crippen MR) is 39.9 cm³/mol. The maximum atomic E-state index is 10.6. The molecule has 0 saturated heterocycles. The monoisotopic (exact) mass is 155 g/mol. The van der Waals surface area contributed by atoms with E-state index in [0.717, 1.165) is 19.3 Å². The molecule has 0 spiro atoms. The van der Waals surface area contributed by atoms with Gasteiger partial charge in [-0.05, 0) is 24.7 Å². The second-order valence-corrected chi connectivity index (χ2v) is 3.70. The van der Waals surface area contributed by atoms with Gasteiger partial charge in [-0.25, -0.2) is 0 Å². The molecule has 11 heavy (non-hydrogen) atoms. The topological polar surface area (TPSA) is 63.3 Å². The van der Waals surface area contributed by atoms with Crippen LogP contribution in [0, 0.1) is 17.8 Å². The second-order valence-electron chi connectivity index (χ2n) is 3.70. The van der Waals surface area contributed by atoms with Gasteiger partial charge in [-0.15, -0.1) is 0 Å². The Labute approximate surface area is 65.6 Å². The van der Waals surface area contributed by atoms with Crippen LogP contribution in [0.3, 0.4) is 0 Å². The fourth-order valence-electron chi connectivity index (χ4n) is 2.49. The summed E-state index contributed by atoms with van der Waals surface area (Å²) in [7, 11) is 0. The van der Waals surface area contributed by atoms with Crippen LogP contribution in [0.2, 0.25) is 0 Å². The zero-order chi connectivity index (χ0) is 8.01. The minimum absolute atomic E-state index is 0.104. The van der Waals surface area contributed by atoms with Crippen LogP contribution in [0.4, 0.5) is 0 Å². The highest BCUT2D eigenvalue weighted by Crippen LogP contribution is 2.54. The third kappa shape index (κ3) is 0.948. The molecule has 0 aliphatic heterocycles. The number of aliphatic carboxylic acids is 1. The van der Waals surface area contributed by atoms with Crippen LogP contribution in [0.15, 0.2) is 0 Å². The van der Waals surface area contributed by atoms with Crippen LogP contribution in [0.1, 0.15) is 19.3 Å². The molecular formula is C8H13NO2. The maximum absolute atomic E-state index is 10.6. The summed E-state index contributed by atoms with van der Waals surface area (Å²) in [5, 5.41) is 8.75. The summed E-state index contributed by atoms with van der Waals surface area (Å²) in [4.78, 5) is 10.6. The van der Waals surface area contributed by atoms with Crippen molar-refractivity contribution in [3.05, 3.63) is 0 Å². The largest absolute Gasteiger partial charge is 0.481 e. The normalized spacial score (nSPS) is 48.1. The molecule has 0 bridgehead atoms. The molecule has 0 radical (unpaired) electrons. The number of fused-ring (bicyclic) bond motifs is 1. The van der Waals surface area contributed by atoms with Crippen molar-refractivity contribution in [2.45, 2.75) is 25.3 Å². The molecule has 3 N–H and O–H groups in total. The van der Waals surface area contributed by atoms with E-state index in [-0.39, 0.29) is 12.0 Å². The van der Waals surface area contributed by atoms with Crippen molar-refractivity contribution >= 4 is 5.97 Å². The van der Waals surface area contributed by atoms with E-state index in [0.29, 0.717) is 11.8 Å². The van der Waals surface area contributed by atoms with Crippen LogP contribution in [-0.4, -0.2) is 17.1 Å². The first-order valence-electron chi connectivity index (χ1n) is 4.20. The number of carboxylic acid groups (broad SMARTS) is 1. The highest BCUT2D eigenvalue weighted by molar-refractivity contribution is 5.74. The molecule has 0 heterocycles. The Kier molecular flexibility index (Phi) is 1.42. The molecule has 0 amide bonds. The molecular weight excluding hydrogens is 142 g/mol. The second kappa shape index (κ2) is 2.21. The number of hydrogen-bond acceptors (Lipinski definition) is 2. The highest BCUT2D eigenvalue weighted by Gasteiger charge is 2.58. The minimum Gasteiger partial charge on any atom is -0.481 e. The van der Waals surface area contributed by atoms with Gasteiger partial charge in [0.25, 0.3) is 0 Å². The number of nitrogens with two attached hydrogens (primary N) is 1. The molecule has 3 nitrogen and oxygen atoms in total. The summed E-state index contributed by atoms with van der Waals surface area (Å²) in [6.45, 7) is 0. The van der Waals surface area contributed by atoms with Crippen molar-refractivity contribution in [2.24, 2.45) is 23.5 Å². The summed E-state index contributed by atoms with van der Waals surface area (Å²) in [5.41, 5.74) is 5.78. The average molecular weight is 155 g/mol. The van der Waals surface area contributed by atoms with E-state index in [9.17, 15) is 4.79 Å². The van der Waals surface area contributed by atoms with Gasteiger partial charge in [-0.3, -0.25) is 4.79 Å². The molecule has 2 aliphatic carbocycles. The van der Waals surface area contributed by atoms with E-state index < -0.39 is 5.97 Å². The Balaban J connectivity index is 2.05. The molecule has 2 rings (SSSR count). The predicted octanol–water partition coefficient (Wildman–Crippen LogP) is 0.444. The number of hydrogen-bond donors (Lipinski definition) is 2. The van der Waals surface area contributed by atoms with Crippen molar-refractivity contribution in [3.8, 4) is 0 Å². The number of carbonyl (C=O) groups is 1. The van der Waals surface area contributed by atoms with Crippen LogP contribution in [-0.2, 0) is 4.79 Å². The lowest BCUT2D eigenvalue weighted by atomic mass is 9.96. The molecule has 2 aliphatic rings. The van der Waals surface area contributed by atoms with E-state index >= 15 is 0 Å². The van der Waals surface area contributed by atoms with Crippen molar-refractivity contribution in [1.82, 2.24) is 0 Å². The molecule has 2 saturated carbocycles. The van der Waals surface area contributed by atoms with Crippen molar-refractivity contribution < 1.29 is 9.90 Å². The van der Waals surface area contributed by atoms with Crippen molar-refractivity contribution in [1.29, 1.82) is 0 Å². The van der Waals surface area contributed by atoms with Crippen LogP contribution in [0.5, 0.6) is 0 Å². The average Bonchev–Trinajstić information content (AvgIpc) is 2.62. The van der Waals surface area contributed by atoms with Gasteiger partial charge in [0, 0.05) is 6.04 Å². The van der Waals surface area contributed by atoms with Crippen LogP contribution < -0.4 is 5.73 Å². The van der Waals surface area contributed by atoms with Gasteiger partial charge in [0.1, 0.15) is 0 Å². The third-order valence-corrected chi connectivity index (χ3v) is 3.08. The summed E-state index contributed by atoms with van der Waals surface area (Å²) in [6, 6.07) is 0.162. The van der Waals surface area contributed by atoms with Gasteiger partial charge >= 0.3 is 5.97 Å². The van der Waals surface area contributed by atoms with E-state index in [2.05, 4.69) is 0 Å². The molecule has 0 aromatic heterocycles. The lowest BCUT2D eigenvalue weighted by molar-refractivity contribution is -0.139. The zero-order valence-corrected chi connectivity index (χ0v) is 6.36. The third-order valence-electron chi connectivity index (χ3n) is 3.08. The molecule has 2 fully saturated rings. The summed E-state index contributed by atoms with van der Waals surface area (Å²) < 4.78 is 0. The SMILES string of the molecule is NC1CCC[C@H]2[C@H](C(=O)O)[C@@H]12. The standard InChI is InChI=1S/C8H13NO2/c9-5-3-1-2-4-6(5)7(4)8(10)11/h4-7H,1-3,9H2,(H,10,11)/t4-,5?,6-,7+/m1/s1. The first-order valence-corrected chi connectivity index (χ1v) is 4.20. The molecule has 4 atom stereocenters. The smallest absolute Gasteiger partial charge is 0.307 e. The molecule has 0 aromatic rings. The fraction of sp³-hybridized carbons (Fsp3) is 0.875. The summed E-state index contributed by atoms with van der Waals surface area (Å²) in [6.07, 6.45) is 3.21. The Hall–Kier alpha value is -0.570. The van der Waals surface area contributed by atoms with Crippen molar-refractivity contribution in [2.75, 3.05) is 0 Å². The van der Waals surface area contributed by atoms with Gasteiger partial charge in [-0.1, -0.05) is 6.42 Å². The first-order chi connectivity index (χ1) is 5.22. The molecule has 62 valence electrons. The first kappa shape index (κ1) is 7.10. The highest BCUT2D eigenvalue weighted by atomic mass is 16.4. The molecule has 0 aromatic carbocycles. The Morgan fingerprint density at radius 2 is 2.18 bits per heavy atom. The van der Waals surface area contributed by atoms with Gasteiger partial charge < -0.3 is 10.8 Å². The number of rotatable bonds is 1. The Morgan fingerprint density at radius 1 is 1.45 bits per heavy atom. The number of carboxylic acids is 1. The molecule has 3 heteroatoms. The summed E-state index contributed by atoms with van der Waals surface area (Å²) in [5.74, 6) is -0.0256. The van der Waals surface area contributed by atoms with Crippen LogP contribution >= 0.6 is 0 Å². The van der Waals surface area contributed by atoms with Crippen molar-refractivity contribution in [3.63, 3.8) is 0 Å². The van der Waals surface area contributed by atoms with Gasteiger partial charge in [0.15, 0.2) is 0 Å². The molecule has 1 unspecified atom stereocenters. The quantitative estimate of drug-likeness (QED) is 0.577. The lowest BCUT2D eigenvalue weighted by Crippen LogP contribution is -2.26. The summed E-state index contributed by atoms with van der Waals surface area (Å²) >= 11 is 0. The van der Waals surface area contributed by atoms with E-state index in [4.69, 9.17) is 10.8 Å². The minimum atomic E-state index is -0.641. The van der Waals surface area contributed by atoms with Gasteiger partial charge in [0.2, 0.25) is 0 Å².